The monoisotopic (exact) mass is 266 g/mol. The fourth-order valence-corrected chi connectivity index (χ4v) is 2.22. The second-order valence-corrected chi connectivity index (χ2v) is 4.22. The van der Waals surface area contributed by atoms with Crippen LogP contribution in [0.5, 0.6) is 0 Å². The number of furan rings is 1. The largest absolute Gasteiger partial charge is 0.468 e. The first-order valence-corrected chi connectivity index (χ1v) is 6.03. The van der Waals surface area contributed by atoms with Gasteiger partial charge in [-0.2, -0.15) is 0 Å². The standard InChI is InChI=1S/C10H10N4O3S/c1-11-9-8(14(15)16)10(13-6-12-9)18-5-7-3-2-4-17-7/h2-4,6H,5H2,1H3,(H,11,12,13). The van der Waals surface area contributed by atoms with Gasteiger partial charge in [0.25, 0.3) is 0 Å². The molecule has 18 heavy (non-hydrogen) atoms. The van der Waals surface area contributed by atoms with Crippen molar-refractivity contribution >= 4 is 23.3 Å². The molecule has 0 aliphatic heterocycles. The second-order valence-electron chi connectivity index (χ2n) is 3.25. The van der Waals surface area contributed by atoms with Gasteiger partial charge in [0, 0.05) is 7.05 Å². The minimum atomic E-state index is -0.490. The number of nitro groups is 1. The van der Waals surface area contributed by atoms with E-state index in [0.717, 1.165) is 5.76 Å². The van der Waals surface area contributed by atoms with Gasteiger partial charge in [-0.1, -0.05) is 11.8 Å². The molecule has 2 aromatic heterocycles. The van der Waals surface area contributed by atoms with Crippen LogP contribution in [-0.4, -0.2) is 21.9 Å². The summed E-state index contributed by atoms with van der Waals surface area (Å²) in [7, 11) is 1.58. The van der Waals surface area contributed by atoms with Crippen LogP contribution in [0.15, 0.2) is 34.2 Å². The van der Waals surface area contributed by atoms with E-state index >= 15 is 0 Å². The van der Waals surface area contributed by atoms with Crippen molar-refractivity contribution in [1.29, 1.82) is 0 Å². The second kappa shape index (κ2) is 5.50. The lowest BCUT2D eigenvalue weighted by Crippen LogP contribution is -2.02. The number of anilines is 1. The molecule has 0 bridgehead atoms. The SMILES string of the molecule is CNc1ncnc(SCc2ccco2)c1[N+](=O)[O-]. The third-order valence-corrected chi connectivity index (χ3v) is 3.14. The van der Waals surface area contributed by atoms with Crippen LogP contribution in [0, 0.1) is 10.1 Å². The molecule has 0 aromatic carbocycles. The molecule has 0 aliphatic rings. The van der Waals surface area contributed by atoms with Crippen molar-refractivity contribution in [2.24, 2.45) is 0 Å². The van der Waals surface area contributed by atoms with Gasteiger partial charge in [-0.25, -0.2) is 9.97 Å². The van der Waals surface area contributed by atoms with Crippen LogP contribution in [0.25, 0.3) is 0 Å². The zero-order valence-corrected chi connectivity index (χ0v) is 10.3. The minimum Gasteiger partial charge on any atom is -0.468 e. The Morgan fingerprint density at radius 3 is 3.00 bits per heavy atom. The fourth-order valence-electron chi connectivity index (χ4n) is 1.35. The van der Waals surface area contributed by atoms with Crippen molar-refractivity contribution in [2.75, 3.05) is 12.4 Å². The molecule has 0 atom stereocenters. The highest BCUT2D eigenvalue weighted by Gasteiger charge is 2.22. The lowest BCUT2D eigenvalue weighted by Gasteiger charge is -2.04. The highest BCUT2D eigenvalue weighted by Crippen LogP contribution is 2.33. The minimum absolute atomic E-state index is 0.114. The first-order valence-electron chi connectivity index (χ1n) is 5.04. The van der Waals surface area contributed by atoms with Gasteiger partial charge >= 0.3 is 5.69 Å². The van der Waals surface area contributed by atoms with E-state index in [1.165, 1.54) is 18.1 Å². The molecule has 0 fully saturated rings. The molecule has 0 saturated carbocycles. The lowest BCUT2D eigenvalue weighted by atomic mass is 10.5. The zero-order chi connectivity index (χ0) is 13.0. The van der Waals surface area contributed by atoms with Gasteiger partial charge in [0.1, 0.15) is 12.1 Å². The van der Waals surface area contributed by atoms with Crippen molar-refractivity contribution < 1.29 is 9.34 Å². The summed E-state index contributed by atoms with van der Waals surface area (Å²) in [6, 6.07) is 3.57. The van der Waals surface area contributed by atoms with E-state index in [1.54, 1.807) is 25.4 Å². The van der Waals surface area contributed by atoms with Crippen LogP contribution in [0.1, 0.15) is 5.76 Å². The third kappa shape index (κ3) is 2.59. The summed E-state index contributed by atoms with van der Waals surface area (Å²) in [6.07, 6.45) is 2.85. The highest BCUT2D eigenvalue weighted by molar-refractivity contribution is 7.98. The Morgan fingerprint density at radius 1 is 1.56 bits per heavy atom. The molecule has 2 aromatic rings. The molecule has 0 aliphatic carbocycles. The number of aromatic nitrogens is 2. The van der Waals surface area contributed by atoms with Gasteiger partial charge < -0.3 is 9.73 Å². The number of nitrogens with one attached hydrogen (secondary N) is 1. The lowest BCUT2D eigenvalue weighted by molar-refractivity contribution is -0.387. The highest BCUT2D eigenvalue weighted by atomic mass is 32.2. The van der Waals surface area contributed by atoms with E-state index in [0.29, 0.717) is 10.8 Å². The average molecular weight is 266 g/mol. The smallest absolute Gasteiger partial charge is 0.343 e. The van der Waals surface area contributed by atoms with Crippen molar-refractivity contribution in [3.8, 4) is 0 Å². The van der Waals surface area contributed by atoms with E-state index in [-0.39, 0.29) is 11.5 Å². The number of hydrogen-bond acceptors (Lipinski definition) is 7. The Morgan fingerprint density at radius 2 is 2.39 bits per heavy atom. The van der Waals surface area contributed by atoms with Gasteiger partial charge in [0.15, 0.2) is 5.03 Å². The van der Waals surface area contributed by atoms with Crippen molar-refractivity contribution in [3.05, 3.63) is 40.6 Å². The van der Waals surface area contributed by atoms with E-state index in [9.17, 15) is 10.1 Å². The third-order valence-electron chi connectivity index (χ3n) is 2.14. The van der Waals surface area contributed by atoms with Crippen LogP contribution in [-0.2, 0) is 5.75 Å². The summed E-state index contributed by atoms with van der Waals surface area (Å²) in [4.78, 5) is 18.3. The molecule has 7 nitrogen and oxygen atoms in total. The first-order chi connectivity index (χ1) is 8.72. The maximum atomic E-state index is 11.0. The molecule has 0 saturated heterocycles. The number of hydrogen-bond donors (Lipinski definition) is 1. The van der Waals surface area contributed by atoms with Crippen LogP contribution >= 0.6 is 11.8 Å². The van der Waals surface area contributed by atoms with Gasteiger partial charge in [0.05, 0.1) is 16.9 Å². The molecular formula is C10H10N4O3S. The predicted octanol–water partition coefficient (Wildman–Crippen LogP) is 2.31. The van der Waals surface area contributed by atoms with Crippen LogP contribution in [0.4, 0.5) is 11.5 Å². The number of rotatable bonds is 5. The number of thioether (sulfide) groups is 1. The summed E-state index contributed by atoms with van der Waals surface area (Å²) in [5.74, 6) is 1.42. The van der Waals surface area contributed by atoms with Crippen molar-refractivity contribution in [1.82, 2.24) is 9.97 Å². The number of nitrogens with zero attached hydrogens (tertiary/aromatic N) is 3. The molecule has 2 rings (SSSR count). The topological polar surface area (TPSA) is 94.1 Å². The Hall–Kier alpha value is -2.09. The summed E-state index contributed by atoms with van der Waals surface area (Å²) in [5, 5.41) is 14.0. The molecule has 2 heterocycles. The van der Waals surface area contributed by atoms with Crippen LogP contribution in [0.2, 0.25) is 0 Å². The molecule has 94 valence electrons. The molecule has 1 N–H and O–H groups in total. The van der Waals surface area contributed by atoms with Crippen LogP contribution in [0.3, 0.4) is 0 Å². The molecule has 0 radical (unpaired) electrons. The molecule has 0 amide bonds. The Kier molecular flexibility index (Phi) is 3.78. The zero-order valence-electron chi connectivity index (χ0n) is 9.49. The maximum Gasteiger partial charge on any atom is 0.343 e. The Labute approximate surface area is 107 Å². The van der Waals surface area contributed by atoms with Crippen molar-refractivity contribution in [2.45, 2.75) is 10.8 Å². The summed E-state index contributed by atoms with van der Waals surface area (Å²) in [6.45, 7) is 0. The Balaban J connectivity index is 2.24. The van der Waals surface area contributed by atoms with E-state index in [1.807, 2.05) is 0 Å². The maximum absolute atomic E-state index is 11.0. The molecular weight excluding hydrogens is 256 g/mol. The van der Waals surface area contributed by atoms with Gasteiger partial charge in [-0.3, -0.25) is 10.1 Å². The quantitative estimate of drug-likeness (QED) is 0.384. The average Bonchev–Trinajstić information content (AvgIpc) is 2.88. The first kappa shape index (κ1) is 12.4. The summed E-state index contributed by atoms with van der Waals surface area (Å²) >= 11 is 1.24. The molecule has 8 heteroatoms. The Bertz CT molecular complexity index is 544. The van der Waals surface area contributed by atoms with Gasteiger partial charge in [0.2, 0.25) is 5.82 Å². The van der Waals surface area contributed by atoms with E-state index in [4.69, 9.17) is 4.42 Å². The van der Waals surface area contributed by atoms with Gasteiger partial charge in [-0.15, -0.1) is 0 Å². The van der Waals surface area contributed by atoms with E-state index < -0.39 is 4.92 Å². The molecule has 0 unspecified atom stereocenters. The van der Waals surface area contributed by atoms with Crippen molar-refractivity contribution in [3.63, 3.8) is 0 Å². The molecule has 0 spiro atoms. The summed E-state index contributed by atoms with van der Waals surface area (Å²) < 4.78 is 5.16. The van der Waals surface area contributed by atoms with Crippen LogP contribution < -0.4 is 5.32 Å². The van der Waals surface area contributed by atoms with E-state index in [2.05, 4.69) is 15.3 Å². The van der Waals surface area contributed by atoms with Gasteiger partial charge in [-0.05, 0) is 12.1 Å². The normalized spacial score (nSPS) is 10.3. The fraction of sp³-hybridized carbons (Fsp3) is 0.200. The predicted molar refractivity (Wildman–Crippen MR) is 66.5 cm³/mol. The summed E-state index contributed by atoms with van der Waals surface area (Å²) in [5.41, 5.74) is -0.114.